The second-order valence-corrected chi connectivity index (χ2v) is 8.09. The van der Waals surface area contributed by atoms with Crippen LogP contribution in [0.25, 0.3) is 0 Å². The fourth-order valence-electron chi connectivity index (χ4n) is 3.55. The second kappa shape index (κ2) is 9.65. The number of aryl methyl sites for hydroxylation is 2. The molecule has 0 spiro atoms. The van der Waals surface area contributed by atoms with Gasteiger partial charge in [0, 0.05) is 36.2 Å². The van der Waals surface area contributed by atoms with Gasteiger partial charge in [-0.2, -0.15) is 0 Å². The van der Waals surface area contributed by atoms with Crippen LogP contribution in [-0.4, -0.2) is 31.1 Å². The van der Waals surface area contributed by atoms with Gasteiger partial charge in [-0.25, -0.2) is 4.79 Å². The fourth-order valence-corrected chi connectivity index (χ4v) is 3.55. The zero-order valence-corrected chi connectivity index (χ0v) is 18.3. The molecule has 160 valence electrons. The van der Waals surface area contributed by atoms with Gasteiger partial charge in [0.15, 0.2) is 0 Å². The number of nitrogens with one attached hydrogen (secondary N) is 3. The van der Waals surface area contributed by atoms with E-state index in [1.54, 1.807) is 6.07 Å². The number of hydrogen-bond acceptors (Lipinski definition) is 3. The Kier molecular flexibility index (Phi) is 6.98. The highest BCUT2D eigenvalue weighted by atomic mass is 16.2. The Labute approximate surface area is 179 Å². The average molecular weight is 409 g/mol. The van der Waals surface area contributed by atoms with Gasteiger partial charge in [-0.1, -0.05) is 13.0 Å². The van der Waals surface area contributed by atoms with E-state index in [9.17, 15) is 9.59 Å². The third kappa shape index (κ3) is 5.32. The van der Waals surface area contributed by atoms with Crippen LogP contribution in [0.2, 0.25) is 0 Å². The van der Waals surface area contributed by atoms with Crippen molar-refractivity contribution in [3.05, 3.63) is 53.1 Å². The Morgan fingerprint density at radius 1 is 0.967 bits per heavy atom. The number of anilines is 3. The summed E-state index contributed by atoms with van der Waals surface area (Å²) in [5.41, 5.74) is 5.14. The minimum atomic E-state index is -0.333. The molecule has 6 heteroatoms. The van der Waals surface area contributed by atoms with E-state index in [2.05, 4.69) is 20.9 Å². The highest BCUT2D eigenvalue weighted by Gasteiger charge is 2.21. The summed E-state index contributed by atoms with van der Waals surface area (Å²) in [4.78, 5) is 27.7. The molecule has 1 aliphatic rings. The molecule has 0 saturated carbocycles. The topological polar surface area (TPSA) is 73.5 Å². The van der Waals surface area contributed by atoms with E-state index in [4.69, 9.17) is 0 Å². The molecule has 1 heterocycles. The molecule has 30 heavy (non-hydrogen) atoms. The van der Waals surface area contributed by atoms with E-state index in [0.29, 0.717) is 11.3 Å². The molecule has 1 fully saturated rings. The van der Waals surface area contributed by atoms with Crippen LogP contribution >= 0.6 is 0 Å². The third-order valence-corrected chi connectivity index (χ3v) is 5.70. The molecule has 3 N–H and O–H groups in total. The minimum absolute atomic E-state index is 0.0913. The molecular formula is C24H32N4O2. The number of nitrogens with zero attached hydrogens (tertiary/aromatic N) is 1. The van der Waals surface area contributed by atoms with Gasteiger partial charge in [0.2, 0.25) is 0 Å². The Balaban J connectivity index is 1.78. The molecule has 0 unspecified atom stereocenters. The highest BCUT2D eigenvalue weighted by Crippen LogP contribution is 2.28. The summed E-state index contributed by atoms with van der Waals surface area (Å²) in [5, 5.41) is 8.76. The normalized spacial score (nSPS) is 14.3. The van der Waals surface area contributed by atoms with Crippen molar-refractivity contribution in [2.75, 3.05) is 28.6 Å². The number of hydrogen-bond donors (Lipinski definition) is 3. The summed E-state index contributed by atoms with van der Waals surface area (Å²) in [5.74, 6) is -0.107. The second-order valence-electron chi connectivity index (χ2n) is 8.09. The summed E-state index contributed by atoms with van der Waals surface area (Å²) in [6.07, 6.45) is 3.12. The molecule has 1 atom stereocenters. The predicted molar refractivity (Wildman–Crippen MR) is 124 cm³/mol. The molecule has 1 aliphatic heterocycles. The first-order chi connectivity index (χ1) is 14.4. The van der Waals surface area contributed by atoms with E-state index in [1.165, 1.54) is 5.56 Å². The van der Waals surface area contributed by atoms with Crippen LogP contribution in [-0.2, 0) is 0 Å². The van der Waals surface area contributed by atoms with Crippen LogP contribution < -0.4 is 20.9 Å². The van der Waals surface area contributed by atoms with Gasteiger partial charge >= 0.3 is 6.03 Å². The largest absolute Gasteiger partial charge is 0.371 e. The number of carbonyl (C=O) groups excluding carboxylic acids is 2. The number of carbonyl (C=O) groups is 2. The van der Waals surface area contributed by atoms with Crippen molar-refractivity contribution < 1.29 is 9.59 Å². The van der Waals surface area contributed by atoms with E-state index in [-0.39, 0.29) is 18.0 Å². The Hall–Kier alpha value is -3.02. The van der Waals surface area contributed by atoms with Crippen molar-refractivity contribution >= 4 is 29.0 Å². The minimum Gasteiger partial charge on any atom is -0.371 e. The molecule has 0 radical (unpaired) electrons. The van der Waals surface area contributed by atoms with E-state index >= 15 is 0 Å². The maximum absolute atomic E-state index is 12.9. The summed E-state index contributed by atoms with van der Waals surface area (Å²) in [6.45, 7) is 9.98. The van der Waals surface area contributed by atoms with E-state index in [0.717, 1.165) is 49.3 Å². The maximum Gasteiger partial charge on any atom is 0.323 e. The number of amides is 3. The number of benzene rings is 2. The molecule has 3 rings (SSSR count). The first-order valence-electron chi connectivity index (χ1n) is 10.7. The van der Waals surface area contributed by atoms with Gasteiger partial charge in [-0.3, -0.25) is 4.79 Å². The molecule has 2 aromatic carbocycles. The Morgan fingerprint density at radius 2 is 1.60 bits per heavy atom. The summed E-state index contributed by atoms with van der Waals surface area (Å²) in [6, 6.07) is 11.1. The summed E-state index contributed by atoms with van der Waals surface area (Å²) < 4.78 is 0. The Bertz CT molecular complexity index is 919. The highest BCUT2D eigenvalue weighted by molar-refractivity contribution is 6.04. The van der Waals surface area contributed by atoms with Crippen LogP contribution in [0.1, 0.15) is 54.6 Å². The van der Waals surface area contributed by atoms with Gasteiger partial charge in [0.25, 0.3) is 5.91 Å². The lowest BCUT2D eigenvalue weighted by atomic mass is 10.1. The van der Waals surface area contributed by atoms with Gasteiger partial charge in [0.05, 0.1) is 5.56 Å². The summed E-state index contributed by atoms with van der Waals surface area (Å²) in [7, 11) is 0. The molecule has 3 amide bonds. The standard InChI is InChI=1S/C24H32N4O2/c1-5-18(4)25-23(29)21-15-20(10-11-22(21)28-12-6-7-13-28)27-24(30)26-19-9-8-16(2)17(3)14-19/h8-11,14-15,18H,5-7,12-13H2,1-4H3,(H,25,29)(H2,26,27,30)/t18-/m1/s1. The van der Waals surface area contributed by atoms with E-state index in [1.807, 2.05) is 58.0 Å². The number of rotatable bonds is 6. The van der Waals surface area contributed by atoms with Crippen molar-refractivity contribution in [2.24, 2.45) is 0 Å². The van der Waals surface area contributed by atoms with Crippen molar-refractivity contribution in [1.82, 2.24) is 5.32 Å². The van der Waals surface area contributed by atoms with Crippen molar-refractivity contribution in [3.8, 4) is 0 Å². The lowest BCUT2D eigenvalue weighted by molar-refractivity contribution is 0.0939. The van der Waals surface area contributed by atoms with Crippen molar-refractivity contribution in [1.29, 1.82) is 0 Å². The lowest BCUT2D eigenvalue weighted by Gasteiger charge is -2.23. The lowest BCUT2D eigenvalue weighted by Crippen LogP contribution is -2.33. The van der Waals surface area contributed by atoms with E-state index < -0.39 is 0 Å². The van der Waals surface area contributed by atoms with Gasteiger partial charge in [-0.05, 0) is 81.5 Å². The molecule has 2 aromatic rings. The molecule has 6 nitrogen and oxygen atoms in total. The quantitative estimate of drug-likeness (QED) is 0.624. The third-order valence-electron chi connectivity index (χ3n) is 5.70. The summed E-state index contributed by atoms with van der Waals surface area (Å²) >= 11 is 0. The molecule has 0 bridgehead atoms. The first-order valence-corrected chi connectivity index (χ1v) is 10.7. The molecule has 0 aromatic heterocycles. The molecule has 0 aliphatic carbocycles. The van der Waals surface area contributed by atoms with Crippen LogP contribution in [0.3, 0.4) is 0 Å². The monoisotopic (exact) mass is 408 g/mol. The average Bonchev–Trinajstić information content (AvgIpc) is 3.25. The zero-order valence-electron chi connectivity index (χ0n) is 18.3. The first kappa shape index (κ1) is 21.7. The van der Waals surface area contributed by atoms with Crippen molar-refractivity contribution in [3.63, 3.8) is 0 Å². The van der Waals surface area contributed by atoms with Crippen LogP contribution in [0.5, 0.6) is 0 Å². The fraction of sp³-hybridized carbons (Fsp3) is 0.417. The smallest absolute Gasteiger partial charge is 0.323 e. The number of urea groups is 1. The predicted octanol–water partition coefficient (Wildman–Crippen LogP) is 5.08. The van der Waals surface area contributed by atoms with Gasteiger partial charge in [-0.15, -0.1) is 0 Å². The SMILES string of the molecule is CC[C@@H](C)NC(=O)c1cc(NC(=O)Nc2ccc(C)c(C)c2)ccc1N1CCCC1. The van der Waals surface area contributed by atoms with Crippen LogP contribution in [0, 0.1) is 13.8 Å². The zero-order chi connectivity index (χ0) is 21.7. The Morgan fingerprint density at radius 3 is 2.23 bits per heavy atom. The van der Waals surface area contributed by atoms with Gasteiger partial charge < -0.3 is 20.9 Å². The maximum atomic E-state index is 12.9. The van der Waals surface area contributed by atoms with Gasteiger partial charge in [0.1, 0.15) is 0 Å². The van der Waals surface area contributed by atoms with Crippen molar-refractivity contribution in [2.45, 2.75) is 53.0 Å². The van der Waals surface area contributed by atoms with Crippen LogP contribution in [0.15, 0.2) is 36.4 Å². The molecular weight excluding hydrogens is 376 g/mol. The molecule has 1 saturated heterocycles. The van der Waals surface area contributed by atoms with Crippen LogP contribution in [0.4, 0.5) is 21.9 Å².